The minimum absolute atomic E-state index is 0.749. The van der Waals surface area contributed by atoms with E-state index in [2.05, 4.69) is 37.8 Å². The first kappa shape index (κ1) is 11.8. The summed E-state index contributed by atoms with van der Waals surface area (Å²) in [5.41, 5.74) is 0. The average molecular weight is 164 g/mol. The van der Waals surface area contributed by atoms with Crippen LogP contribution in [-0.4, -0.2) is 23.4 Å². The maximum absolute atomic E-state index is 2.59. The van der Waals surface area contributed by atoms with Crippen LogP contribution in [0.25, 0.3) is 0 Å². The first-order valence-corrected chi connectivity index (χ1v) is 8.30. The minimum atomic E-state index is -0.749. The van der Waals surface area contributed by atoms with E-state index in [0.717, 1.165) is 0 Å². The molecule has 0 saturated heterocycles. The molecule has 0 bridgehead atoms. The van der Waals surface area contributed by atoms with Crippen molar-refractivity contribution >= 4 is 23.4 Å². The molecule has 0 aromatic carbocycles. The Morgan fingerprint density at radius 2 is 1.09 bits per heavy atom. The van der Waals surface area contributed by atoms with Crippen LogP contribution >= 0.6 is 0 Å². The van der Waals surface area contributed by atoms with Crippen molar-refractivity contribution in [3.8, 4) is 0 Å². The summed E-state index contributed by atoms with van der Waals surface area (Å²) < 4.78 is 0. The Bertz CT molecular complexity index is 76.5. The van der Waals surface area contributed by atoms with Crippen LogP contribution in [0, 0.1) is 0 Å². The summed E-state index contributed by atoms with van der Waals surface area (Å²) in [6.07, 6.45) is 3.47. The second kappa shape index (κ2) is 6.34. The van der Waals surface area contributed by atoms with Crippen molar-refractivity contribution in [2.75, 3.05) is 0 Å². The first-order chi connectivity index (χ1) is 5.18. The molecule has 0 amide bonds. The van der Waals surface area contributed by atoms with E-state index in [4.69, 9.17) is 0 Å². The third-order valence-corrected chi connectivity index (χ3v) is 7.68. The molecule has 0 rings (SSSR count). The van der Waals surface area contributed by atoms with Crippen molar-refractivity contribution in [3.63, 3.8) is 0 Å². The molecule has 0 heterocycles. The summed E-state index contributed by atoms with van der Waals surface area (Å²) in [6, 6.07) is 4.65. The zero-order valence-electron chi connectivity index (χ0n) is 8.74. The topological polar surface area (TPSA) is 0 Å². The molecule has 11 heavy (non-hydrogen) atoms. The van der Waals surface area contributed by atoms with Gasteiger partial charge in [-0.15, -0.1) is 0 Å². The summed E-state index contributed by atoms with van der Waals surface area (Å²) in [5, 5.41) is 0. The molecular formula is C9H21LiSi. The van der Waals surface area contributed by atoms with E-state index < -0.39 is 6.40 Å². The molecule has 0 N–H and O–H groups in total. The van der Waals surface area contributed by atoms with Crippen LogP contribution in [-0.2, 0) is 0 Å². The van der Waals surface area contributed by atoms with E-state index in [1.165, 1.54) is 19.3 Å². The predicted octanol–water partition coefficient (Wildman–Crippen LogP) is 3.33. The Morgan fingerprint density at radius 1 is 0.818 bits per heavy atom. The van der Waals surface area contributed by atoms with Crippen molar-refractivity contribution in [1.29, 1.82) is 0 Å². The first-order valence-electron chi connectivity index (χ1n) is 5.18. The van der Waals surface area contributed by atoms with Gasteiger partial charge in [-0.3, -0.25) is 0 Å². The average Bonchev–Trinajstić information content (AvgIpc) is 1.88. The van der Waals surface area contributed by atoms with Gasteiger partial charge in [0.2, 0.25) is 0 Å². The van der Waals surface area contributed by atoms with Crippen LogP contribution < -0.4 is 0 Å². The van der Waals surface area contributed by atoms with Gasteiger partial charge in [0, 0.05) is 0 Å². The summed E-state index contributed by atoms with van der Waals surface area (Å²) >= 11 is 2.59. The van der Waals surface area contributed by atoms with Crippen LogP contribution in [0.2, 0.25) is 18.1 Å². The van der Waals surface area contributed by atoms with Gasteiger partial charge >= 0.3 is 81.6 Å². The predicted molar refractivity (Wildman–Crippen MR) is 56.8 cm³/mol. The van der Waals surface area contributed by atoms with Crippen molar-refractivity contribution in [3.05, 3.63) is 0 Å². The summed E-state index contributed by atoms with van der Waals surface area (Å²) in [4.78, 5) is 0. The van der Waals surface area contributed by atoms with E-state index >= 15 is 0 Å². The van der Waals surface area contributed by atoms with Gasteiger partial charge in [-0.25, -0.2) is 0 Å². The molecular weight excluding hydrogens is 143 g/mol. The van der Waals surface area contributed by atoms with E-state index in [-0.39, 0.29) is 0 Å². The van der Waals surface area contributed by atoms with Crippen molar-refractivity contribution in [2.24, 2.45) is 0 Å². The van der Waals surface area contributed by atoms with Crippen molar-refractivity contribution in [1.82, 2.24) is 0 Å². The number of hydrogen-bond acceptors (Lipinski definition) is 0. The van der Waals surface area contributed by atoms with Gasteiger partial charge < -0.3 is 0 Å². The molecule has 0 nitrogen and oxygen atoms in total. The molecule has 0 aliphatic carbocycles. The number of rotatable bonds is 6. The van der Waals surface area contributed by atoms with Gasteiger partial charge in [0.25, 0.3) is 0 Å². The van der Waals surface area contributed by atoms with Gasteiger partial charge in [-0.1, -0.05) is 0 Å². The molecule has 0 aliphatic heterocycles. The Labute approximate surface area is 81.7 Å². The molecule has 0 fully saturated rings. The van der Waals surface area contributed by atoms with Gasteiger partial charge in [0.1, 0.15) is 0 Å². The summed E-state index contributed by atoms with van der Waals surface area (Å²) in [5.74, 6) is 0. The fourth-order valence-corrected chi connectivity index (χ4v) is 6.56. The maximum atomic E-state index is 2.59. The zero-order chi connectivity index (χ0) is 8.74. The molecule has 2 heteroatoms. The van der Waals surface area contributed by atoms with Crippen LogP contribution in [0.1, 0.15) is 40.0 Å². The Morgan fingerprint density at radius 3 is 1.27 bits per heavy atom. The fraction of sp³-hybridized carbons (Fsp3) is 1.00. The van der Waals surface area contributed by atoms with Gasteiger partial charge in [0.05, 0.1) is 0 Å². The summed E-state index contributed by atoms with van der Waals surface area (Å²) in [7, 11) is 0. The van der Waals surface area contributed by atoms with Gasteiger partial charge in [-0.2, -0.15) is 0 Å². The second-order valence-electron chi connectivity index (χ2n) is 4.06. The van der Waals surface area contributed by atoms with E-state index in [1.807, 2.05) is 0 Å². The third kappa shape index (κ3) is 5.12. The van der Waals surface area contributed by atoms with Gasteiger partial charge in [-0.05, 0) is 0 Å². The van der Waals surface area contributed by atoms with E-state index in [1.54, 1.807) is 18.1 Å². The van der Waals surface area contributed by atoms with E-state index in [9.17, 15) is 0 Å². The molecule has 0 radical (unpaired) electrons. The Balaban J connectivity index is 3.79. The monoisotopic (exact) mass is 164 g/mol. The van der Waals surface area contributed by atoms with Crippen molar-refractivity contribution in [2.45, 2.75) is 58.2 Å². The molecule has 0 saturated carbocycles. The van der Waals surface area contributed by atoms with Crippen LogP contribution in [0.4, 0.5) is 0 Å². The quantitative estimate of drug-likeness (QED) is 0.528. The molecule has 0 spiro atoms. The Kier molecular flexibility index (Phi) is 6.81. The standard InChI is InChI=1S/C9H21Si.Li/c1-4-7-10(8-5-2)9-6-3;/h4-9H2,1-3H3;. The third-order valence-electron chi connectivity index (χ3n) is 2.56. The van der Waals surface area contributed by atoms with Crippen LogP contribution in [0.15, 0.2) is 0 Å². The zero-order valence-corrected chi connectivity index (χ0v) is 9.74. The second-order valence-corrected chi connectivity index (χ2v) is 9.18. The Hall–Kier alpha value is 0.814. The SMILES string of the molecule is [Li][Si](CCC)(CCC)CCC. The molecule has 62 valence electrons. The summed E-state index contributed by atoms with van der Waals surface area (Å²) in [6.45, 7) is 6.99. The van der Waals surface area contributed by atoms with E-state index in [0.29, 0.717) is 0 Å². The molecule has 0 aliphatic rings. The van der Waals surface area contributed by atoms with Gasteiger partial charge in [0.15, 0.2) is 0 Å². The fourth-order valence-electron chi connectivity index (χ4n) is 2.19. The molecule has 0 atom stereocenters. The normalized spacial score (nSPS) is 12.1. The molecule has 0 aromatic rings. The molecule has 0 unspecified atom stereocenters. The van der Waals surface area contributed by atoms with Crippen molar-refractivity contribution < 1.29 is 0 Å². The van der Waals surface area contributed by atoms with Crippen LogP contribution in [0.3, 0.4) is 0 Å². The van der Waals surface area contributed by atoms with Crippen LogP contribution in [0.5, 0.6) is 0 Å². The molecule has 0 aromatic heterocycles. The number of hydrogen-bond donors (Lipinski definition) is 0.